The van der Waals surface area contributed by atoms with Gasteiger partial charge in [0.15, 0.2) is 5.75 Å². The number of fused-ring (bicyclic) bond motifs is 1. The van der Waals surface area contributed by atoms with Crippen LogP contribution in [0.2, 0.25) is 0 Å². The molecule has 2 heterocycles. The third-order valence-corrected chi connectivity index (χ3v) is 6.88. The van der Waals surface area contributed by atoms with Crippen molar-refractivity contribution in [2.75, 3.05) is 44.5 Å². The van der Waals surface area contributed by atoms with Crippen LogP contribution in [0.3, 0.4) is 0 Å². The molecule has 0 aliphatic carbocycles. The van der Waals surface area contributed by atoms with E-state index in [1.807, 2.05) is 6.92 Å². The zero-order valence-electron chi connectivity index (χ0n) is 23.4. The highest BCUT2D eigenvalue weighted by atomic mass is 16.5. The number of methoxy groups -OCH3 is 1. The smallest absolute Gasteiger partial charge is 0.321 e. The van der Waals surface area contributed by atoms with Crippen LogP contribution in [-0.4, -0.2) is 88.7 Å². The second-order valence-corrected chi connectivity index (χ2v) is 9.89. The maximum atomic E-state index is 13.6. The summed E-state index contributed by atoms with van der Waals surface area (Å²) in [6, 6.07) is 11.0. The first-order valence-electron chi connectivity index (χ1n) is 13.2. The largest absolute Gasteiger partial charge is 0.497 e. The zero-order chi connectivity index (χ0) is 29.5. The van der Waals surface area contributed by atoms with Gasteiger partial charge in [-0.3, -0.25) is 14.6 Å². The number of hydrogen-bond donors (Lipinski definition) is 3. The van der Waals surface area contributed by atoms with E-state index in [4.69, 9.17) is 9.47 Å². The first-order valence-corrected chi connectivity index (χ1v) is 13.2. The molecule has 4 amide bonds. The molecule has 3 aromatic rings. The summed E-state index contributed by atoms with van der Waals surface area (Å²) in [5.41, 5.74) is 1.19. The summed E-state index contributed by atoms with van der Waals surface area (Å²) in [6.45, 7) is 3.90. The Hall–Kier alpha value is -4.71. The highest BCUT2D eigenvalue weighted by Gasteiger charge is 2.35. The van der Waals surface area contributed by atoms with Crippen LogP contribution >= 0.6 is 0 Å². The minimum atomic E-state index is -0.573. The number of hydrogen-bond acceptors (Lipinski definition) is 8. The Morgan fingerprint density at radius 1 is 1.20 bits per heavy atom. The molecule has 41 heavy (non-hydrogen) atoms. The molecule has 3 N–H and O–H groups in total. The van der Waals surface area contributed by atoms with Crippen LogP contribution in [0.15, 0.2) is 61.1 Å². The summed E-state index contributed by atoms with van der Waals surface area (Å²) >= 11 is 0. The number of rotatable bonds is 8. The summed E-state index contributed by atoms with van der Waals surface area (Å²) in [7, 11) is 3.22. The summed E-state index contributed by atoms with van der Waals surface area (Å²) in [5.74, 6) is -0.268. The molecule has 1 aliphatic rings. The van der Waals surface area contributed by atoms with Gasteiger partial charge in [-0.15, -0.1) is 0 Å². The number of likely N-dealkylation sites (N-methyl/N-ethyl adjacent to an activating group) is 1. The SMILES string of the molecule is COc1ccc(NC(=O)N(C)C[C@@H]2Oc3c(NC(=O)c4cnccn4)cccc3C(=O)N([C@H](C)CO)C[C@@H]2C)cc1. The molecule has 0 radical (unpaired) electrons. The summed E-state index contributed by atoms with van der Waals surface area (Å²) in [6.07, 6.45) is 3.63. The van der Waals surface area contributed by atoms with E-state index in [9.17, 15) is 19.5 Å². The van der Waals surface area contributed by atoms with E-state index >= 15 is 0 Å². The maximum absolute atomic E-state index is 13.6. The molecule has 0 saturated heterocycles. The Morgan fingerprint density at radius 2 is 1.95 bits per heavy atom. The normalized spacial score (nSPS) is 17.3. The van der Waals surface area contributed by atoms with E-state index in [2.05, 4.69) is 20.6 Å². The lowest BCUT2D eigenvalue weighted by Gasteiger charge is -2.38. The van der Waals surface area contributed by atoms with Crippen LogP contribution in [0.5, 0.6) is 11.5 Å². The van der Waals surface area contributed by atoms with Crippen LogP contribution in [-0.2, 0) is 0 Å². The lowest BCUT2D eigenvalue weighted by molar-refractivity contribution is 0.0372. The van der Waals surface area contributed by atoms with Gasteiger partial charge in [-0.1, -0.05) is 13.0 Å². The minimum absolute atomic E-state index is 0.0951. The lowest BCUT2D eigenvalue weighted by atomic mass is 9.99. The van der Waals surface area contributed by atoms with Crippen molar-refractivity contribution in [2.45, 2.75) is 26.0 Å². The van der Waals surface area contributed by atoms with E-state index < -0.39 is 18.1 Å². The number of benzene rings is 2. The van der Waals surface area contributed by atoms with Gasteiger partial charge in [-0.2, -0.15) is 0 Å². The number of aliphatic hydroxyl groups excluding tert-OH is 1. The molecule has 0 spiro atoms. The van der Waals surface area contributed by atoms with Crippen molar-refractivity contribution in [3.05, 3.63) is 72.3 Å². The maximum Gasteiger partial charge on any atom is 0.321 e. The Kier molecular flexibility index (Phi) is 9.35. The van der Waals surface area contributed by atoms with Crippen LogP contribution in [0.1, 0.15) is 34.7 Å². The van der Waals surface area contributed by atoms with Gasteiger partial charge in [0, 0.05) is 37.6 Å². The van der Waals surface area contributed by atoms with E-state index in [-0.39, 0.29) is 60.2 Å². The molecule has 0 saturated carbocycles. The number of urea groups is 1. The molecule has 1 aliphatic heterocycles. The lowest BCUT2D eigenvalue weighted by Crippen LogP contribution is -2.50. The fourth-order valence-electron chi connectivity index (χ4n) is 4.41. The number of aromatic nitrogens is 2. The van der Waals surface area contributed by atoms with Gasteiger partial charge in [-0.25, -0.2) is 9.78 Å². The quantitative estimate of drug-likeness (QED) is 0.380. The van der Waals surface area contributed by atoms with Crippen molar-refractivity contribution < 1.29 is 29.0 Å². The number of anilines is 2. The van der Waals surface area contributed by atoms with Crippen molar-refractivity contribution in [1.29, 1.82) is 0 Å². The number of carbonyl (C=O) groups excluding carboxylic acids is 3. The number of nitrogens with one attached hydrogen (secondary N) is 2. The fraction of sp³-hybridized carbons (Fsp3) is 0.345. The molecule has 4 rings (SSSR count). The minimum Gasteiger partial charge on any atom is -0.497 e. The molecule has 0 fully saturated rings. The van der Waals surface area contributed by atoms with Crippen LogP contribution in [0.25, 0.3) is 0 Å². The molecule has 216 valence electrons. The van der Waals surface area contributed by atoms with Crippen molar-refractivity contribution in [3.63, 3.8) is 0 Å². The van der Waals surface area contributed by atoms with Crippen LogP contribution < -0.4 is 20.1 Å². The van der Waals surface area contributed by atoms with Gasteiger partial charge < -0.3 is 35.0 Å². The average molecular weight is 563 g/mol. The number of ether oxygens (including phenoxy) is 2. The van der Waals surface area contributed by atoms with Gasteiger partial charge in [0.05, 0.1) is 43.8 Å². The second kappa shape index (κ2) is 13.1. The standard InChI is InChI=1S/C29H34N6O6/c1-18-15-35(19(2)17-36)28(38)22-6-5-7-23(33-27(37)24-14-30-12-13-31-24)26(22)41-25(18)16-34(3)29(39)32-20-8-10-21(40-4)11-9-20/h5-14,18-19,25,36H,15-17H2,1-4H3,(H,32,39)(H,33,37)/t18-,19+,25-/m0/s1. The zero-order valence-corrected chi connectivity index (χ0v) is 23.4. The molecule has 1 aromatic heterocycles. The van der Waals surface area contributed by atoms with E-state index in [0.717, 1.165) is 0 Å². The van der Waals surface area contributed by atoms with E-state index in [1.54, 1.807) is 68.4 Å². The van der Waals surface area contributed by atoms with Crippen molar-refractivity contribution in [1.82, 2.24) is 19.8 Å². The molecular weight excluding hydrogens is 528 g/mol. The van der Waals surface area contributed by atoms with Crippen molar-refractivity contribution in [3.8, 4) is 11.5 Å². The Bertz CT molecular complexity index is 1370. The van der Waals surface area contributed by atoms with Crippen LogP contribution in [0, 0.1) is 5.92 Å². The van der Waals surface area contributed by atoms with E-state index in [0.29, 0.717) is 11.4 Å². The Morgan fingerprint density at radius 3 is 2.61 bits per heavy atom. The molecule has 0 unspecified atom stereocenters. The first-order chi connectivity index (χ1) is 19.7. The highest BCUT2D eigenvalue weighted by Crippen LogP contribution is 2.35. The monoisotopic (exact) mass is 562 g/mol. The number of aliphatic hydroxyl groups is 1. The summed E-state index contributed by atoms with van der Waals surface area (Å²) < 4.78 is 11.6. The molecule has 12 heteroatoms. The molecule has 3 atom stereocenters. The van der Waals surface area contributed by atoms with Gasteiger partial charge in [-0.05, 0) is 43.3 Å². The van der Waals surface area contributed by atoms with Crippen LogP contribution in [0.4, 0.5) is 16.2 Å². The molecular formula is C29H34N6O6. The molecule has 2 aromatic carbocycles. The van der Waals surface area contributed by atoms with Crippen molar-refractivity contribution >= 4 is 29.2 Å². The number of nitrogens with zero attached hydrogens (tertiary/aromatic N) is 4. The summed E-state index contributed by atoms with van der Waals surface area (Å²) in [4.78, 5) is 50.7. The topological polar surface area (TPSA) is 146 Å². The van der Waals surface area contributed by atoms with Gasteiger partial charge in [0.25, 0.3) is 11.8 Å². The Labute approximate surface area is 238 Å². The second-order valence-electron chi connectivity index (χ2n) is 9.89. The van der Waals surface area contributed by atoms with Gasteiger partial charge >= 0.3 is 6.03 Å². The summed E-state index contributed by atoms with van der Waals surface area (Å²) in [5, 5.41) is 15.5. The average Bonchev–Trinajstić information content (AvgIpc) is 2.99. The Balaban J connectivity index is 1.62. The predicted molar refractivity (Wildman–Crippen MR) is 152 cm³/mol. The van der Waals surface area contributed by atoms with E-state index in [1.165, 1.54) is 23.5 Å². The number of carbonyl (C=O) groups is 3. The third kappa shape index (κ3) is 6.90. The molecule has 12 nitrogen and oxygen atoms in total. The predicted octanol–water partition coefficient (Wildman–Crippen LogP) is 3.12. The fourth-order valence-corrected chi connectivity index (χ4v) is 4.41. The van der Waals surface area contributed by atoms with Gasteiger partial charge in [0.1, 0.15) is 17.5 Å². The third-order valence-electron chi connectivity index (χ3n) is 6.88. The van der Waals surface area contributed by atoms with Crippen molar-refractivity contribution in [2.24, 2.45) is 5.92 Å². The molecule has 0 bridgehead atoms. The van der Waals surface area contributed by atoms with Gasteiger partial charge in [0.2, 0.25) is 0 Å². The number of para-hydroxylation sites is 1. The highest BCUT2D eigenvalue weighted by molar-refractivity contribution is 6.06. The number of amides is 4. The first kappa shape index (κ1) is 29.3.